The molecule has 2 aliphatic heterocycles. The van der Waals surface area contributed by atoms with Crippen LogP contribution in [0, 0.1) is 0 Å². The van der Waals surface area contributed by atoms with Gasteiger partial charge in [-0.3, -0.25) is 0 Å². The Kier molecular flexibility index (Phi) is 8.21. The van der Waals surface area contributed by atoms with E-state index in [1.54, 1.807) is 0 Å². The molecule has 2 heterocycles. The van der Waals surface area contributed by atoms with Gasteiger partial charge in [0.05, 0.1) is 18.8 Å². The second-order valence-electron chi connectivity index (χ2n) is 8.30. The summed E-state index contributed by atoms with van der Waals surface area (Å²) in [5.74, 6) is 0. The van der Waals surface area contributed by atoms with E-state index in [1.807, 2.05) is 0 Å². The van der Waals surface area contributed by atoms with E-state index < -0.39 is 92.2 Å². The first kappa shape index (κ1) is 25.1. The molecule has 3 aliphatic rings. The lowest BCUT2D eigenvalue weighted by atomic mass is 9.84. The van der Waals surface area contributed by atoms with E-state index in [0.29, 0.717) is 0 Å². The van der Waals surface area contributed by atoms with Crippen LogP contribution in [0.5, 0.6) is 0 Å². The van der Waals surface area contributed by atoms with Crippen molar-refractivity contribution in [3.63, 3.8) is 0 Å². The van der Waals surface area contributed by atoms with Crippen molar-refractivity contribution in [1.29, 1.82) is 0 Å². The summed E-state index contributed by atoms with van der Waals surface area (Å²) in [6.45, 7) is -0.673. The molecule has 1 saturated carbocycles. The van der Waals surface area contributed by atoms with E-state index in [-0.39, 0.29) is 13.0 Å². The molecule has 2 saturated heterocycles. The SMILES string of the molecule is NC[C@@H]1O[C@@H](OC2C(O[C@H]3O[C@@H](CO)[C@H](O)C3O)[C@@H](O)[C@@H](N)C[C@@H]2N)[C@@H](N)[C@@H](O)C1O. The van der Waals surface area contributed by atoms with Crippen molar-refractivity contribution in [2.75, 3.05) is 13.2 Å². The second kappa shape index (κ2) is 10.1. The Bertz CT molecular complexity index is 591. The van der Waals surface area contributed by atoms with Crippen LogP contribution in [0.2, 0.25) is 0 Å². The van der Waals surface area contributed by atoms with Crippen LogP contribution in [0.25, 0.3) is 0 Å². The average Bonchev–Trinajstić information content (AvgIpc) is 3.02. The summed E-state index contributed by atoms with van der Waals surface area (Å²) in [6, 6.07) is -2.72. The Hall–Kier alpha value is -0.560. The summed E-state index contributed by atoms with van der Waals surface area (Å²) < 4.78 is 22.5. The van der Waals surface area contributed by atoms with Gasteiger partial charge in [0.15, 0.2) is 12.6 Å². The molecule has 14 heteroatoms. The van der Waals surface area contributed by atoms with Gasteiger partial charge in [0.2, 0.25) is 0 Å². The quantitative estimate of drug-likeness (QED) is 0.179. The van der Waals surface area contributed by atoms with Gasteiger partial charge < -0.3 is 72.5 Å². The fraction of sp³-hybridized carbons (Fsp3) is 1.00. The largest absolute Gasteiger partial charge is 0.394 e. The number of hydrogen-bond acceptors (Lipinski definition) is 14. The van der Waals surface area contributed by atoms with Crippen LogP contribution in [0.4, 0.5) is 0 Å². The summed E-state index contributed by atoms with van der Waals surface area (Å²) in [5, 5.41) is 60.2. The van der Waals surface area contributed by atoms with Crippen LogP contribution in [0.3, 0.4) is 0 Å². The summed E-state index contributed by atoms with van der Waals surface area (Å²) in [7, 11) is 0. The standard InChI is InChI=1S/C17H34N4O10/c18-2-6-10(24)12(26)8(21)16(28-6)30-14-5(20)1-4(19)9(23)15(14)31-17-13(27)11(25)7(3-22)29-17/h4-17,22-27H,1-3,18-21H2/t4-,5-,6-,7-,8-,9-,10?,11-,12+,13?,14?,15?,16-,17+/m0/s1. The maximum Gasteiger partial charge on any atom is 0.187 e. The van der Waals surface area contributed by atoms with Crippen LogP contribution in [-0.2, 0) is 18.9 Å². The number of aliphatic hydroxyl groups is 6. The van der Waals surface area contributed by atoms with Crippen molar-refractivity contribution in [3.8, 4) is 0 Å². The Morgan fingerprint density at radius 2 is 1.29 bits per heavy atom. The van der Waals surface area contributed by atoms with Gasteiger partial charge in [0.1, 0.15) is 48.8 Å². The van der Waals surface area contributed by atoms with Gasteiger partial charge in [0.25, 0.3) is 0 Å². The molecule has 182 valence electrons. The monoisotopic (exact) mass is 454 g/mol. The molecule has 14 atom stereocenters. The van der Waals surface area contributed by atoms with Crippen molar-refractivity contribution in [1.82, 2.24) is 0 Å². The molecule has 0 aromatic heterocycles. The first-order valence-corrected chi connectivity index (χ1v) is 10.2. The predicted octanol–water partition coefficient (Wildman–Crippen LogP) is -6.65. The average molecular weight is 454 g/mol. The second-order valence-corrected chi connectivity index (χ2v) is 8.30. The van der Waals surface area contributed by atoms with Gasteiger partial charge in [-0.15, -0.1) is 0 Å². The van der Waals surface area contributed by atoms with Crippen molar-refractivity contribution >= 4 is 0 Å². The van der Waals surface area contributed by atoms with Gasteiger partial charge in [0, 0.05) is 18.6 Å². The number of hydrogen-bond donors (Lipinski definition) is 10. The minimum absolute atomic E-state index is 0.114. The fourth-order valence-electron chi connectivity index (χ4n) is 4.16. The molecular weight excluding hydrogens is 420 g/mol. The predicted molar refractivity (Wildman–Crippen MR) is 102 cm³/mol. The van der Waals surface area contributed by atoms with E-state index >= 15 is 0 Å². The molecule has 31 heavy (non-hydrogen) atoms. The van der Waals surface area contributed by atoms with Crippen LogP contribution < -0.4 is 22.9 Å². The van der Waals surface area contributed by atoms with Crippen molar-refractivity contribution < 1.29 is 49.6 Å². The molecule has 4 unspecified atom stereocenters. The van der Waals surface area contributed by atoms with E-state index in [0.717, 1.165) is 0 Å². The molecule has 0 radical (unpaired) electrons. The van der Waals surface area contributed by atoms with Crippen molar-refractivity contribution in [2.24, 2.45) is 22.9 Å². The zero-order valence-corrected chi connectivity index (χ0v) is 16.8. The molecule has 14 nitrogen and oxygen atoms in total. The van der Waals surface area contributed by atoms with E-state index in [2.05, 4.69) is 0 Å². The maximum absolute atomic E-state index is 10.6. The van der Waals surface area contributed by atoms with Crippen molar-refractivity contribution in [2.45, 2.75) is 92.1 Å². The fourth-order valence-corrected chi connectivity index (χ4v) is 4.16. The number of ether oxygens (including phenoxy) is 4. The minimum atomic E-state index is -1.51. The lowest BCUT2D eigenvalue weighted by Gasteiger charge is -2.47. The lowest BCUT2D eigenvalue weighted by molar-refractivity contribution is -0.306. The molecule has 1 aliphatic carbocycles. The summed E-state index contributed by atoms with van der Waals surface area (Å²) in [6.07, 6.45) is -13.8. The Balaban J connectivity index is 1.78. The normalized spacial score (nSPS) is 53.6. The molecule has 3 rings (SSSR count). The zero-order valence-electron chi connectivity index (χ0n) is 16.8. The van der Waals surface area contributed by atoms with E-state index in [1.165, 1.54) is 0 Å². The number of nitrogens with two attached hydrogens (primary N) is 4. The van der Waals surface area contributed by atoms with Crippen LogP contribution >= 0.6 is 0 Å². The van der Waals surface area contributed by atoms with Gasteiger partial charge in [-0.1, -0.05) is 0 Å². The van der Waals surface area contributed by atoms with Crippen LogP contribution in [0.15, 0.2) is 0 Å². The van der Waals surface area contributed by atoms with E-state index in [4.69, 9.17) is 41.9 Å². The highest BCUT2D eigenvalue weighted by atomic mass is 16.7. The molecule has 3 fully saturated rings. The number of aliphatic hydroxyl groups excluding tert-OH is 6. The highest BCUT2D eigenvalue weighted by Gasteiger charge is 2.52. The van der Waals surface area contributed by atoms with Crippen LogP contribution in [-0.4, -0.2) is 129 Å². The summed E-state index contributed by atoms with van der Waals surface area (Å²) >= 11 is 0. The molecule has 14 N–H and O–H groups in total. The molecule has 0 spiro atoms. The Labute approximate surface area is 178 Å². The molecule has 0 aromatic carbocycles. The van der Waals surface area contributed by atoms with Gasteiger partial charge in [-0.05, 0) is 6.42 Å². The van der Waals surface area contributed by atoms with Gasteiger partial charge in [-0.25, -0.2) is 0 Å². The third-order valence-electron chi connectivity index (χ3n) is 6.13. The summed E-state index contributed by atoms with van der Waals surface area (Å²) in [4.78, 5) is 0. The topological polar surface area (TPSA) is 262 Å². The molecular formula is C17H34N4O10. The first-order chi connectivity index (χ1) is 14.6. The Morgan fingerprint density at radius 1 is 0.710 bits per heavy atom. The third-order valence-corrected chi connectivity index (χ3v) is 6.13. The third kappa shape index (κ3) is 4.87. The molecule has 0 bridgehead atoms. The van der Waals surface area contributed by atoms with Gasteiger partial charge in [-0.2, -0.15) is 0 Å². The smallest absolute Gasteiger partial charge is 0.187 e. The lowest BCUT2D eigenvalue weighted by Crippen LogP contribution is -2.68. The zero-order chi connectivity index (χ0) is 23.0. The van der Waals surface area contributed by atoms with Crippen LogP contribution in [0.1, 0.15) is 6.42 Å². The highest BCUT2D eigenvalue weighted by molar-refractivity contribution is 5.01. The molecule has 0 amide bonds. The minimum Gasteiger partial charge on any atom is -0.394 e. The maximum atomic E-state index is 10.6. The van der Waals surface area contributed by atoms with Crippen molar-refractivity contribution in [3.05, 3.63) is 0 Å². The summed E-state index contributed by atoms with van der Waals surface area (Å²) in [5.41, 5.74) is 23.6. The molecule has 0 aromatic rings. The van der Waals surface area contributed by atoms with E-state index in [9.17, 15) is 30.6 Å². The van der Waals surface area contributed by atoms with Gasteiger partial charge >= 0.3 is 0 Å². The first-order valence-electron chi connectivity index (χ1n) is 10.2. The number of rotatable bonds is 6. The highest BCUT2D eigenvalue weighted by Crippen LogP contribution is 2.31. The Morgan fingerprint density at radius 3 is 1.87 bits per heavy atom.